The van der Waals surface area contributed by atoms with Crippen molar-refractivity contribution in [2.45, 2.75) is 6.92 Å². The molecule has 0 aliphatic carbocycles. The maximum absolute atomic E-state index is 13.6. The van der Waals surface area contributed by atoms with E-state index in [-0.39, 0.29) is 5.56 Å². The number of pyridine rings is 1. The Morgan fingerprint density at radius 3 is 2.68 bits per heavy atom. The third-order valence-corrected chi connectivity index (χ3v) is 4.13. The Morgan fingerprint density at radius 2 is 1.95 bits per heavy atom. The fourth-order valence-electron chi connectivity index (χ4n) is 1.99. The molecule has 110 valence electrons. The lowest BCUT2D eigenvalue weighted by molar-refractivity contribution is 0.102. The number of nitrogens with zero attached hydrogens (tertiary/aromatic N) is 2. The minimum Gasteiger partial charge on any atom is -0.298 e. The summed E-state index contributed by atoms with van der Waals surface area (Å²) in [5.41, 5.74) is 1.56. The normalized spacial score (nSPS) is 10.5. The third kappa shape index (κ3) is 2.87. The summed E-state index contributed by atoms with van der Waals surface area (Å²) in [6, 6.07) is 11.4. The first kappa shape index (κ1) is 14.3. The van der Waals surface area contributed by atoms with Gasteiger partial charge in [0.15, 0.2) is 5.13 Å². The van der Waals surface area contributed by atoms with Crippen LogP contribution in [0.25, 0.3) is 10.6 Å². The predicted octanol–water partition coefficient (Wildman–Crippen LogP) is 3.90. The summed E-state index contributed by atoms with van der Waals surface area (Å²) >= 11 is 1.31. The number of carbonyl (C=O) groups is 1. The van der Waals surface area contributed by atoms with Crippen molar-refractivity contribution in [2.24, 2.45) is 0 Å². The van der Waals surface area contributed by atoms with E-state index in [2.05, 4.69) is 15.3 Å². The second-order valence-electron chi connectivity index (χ2n) is 4.58. The maximum Gasteiger partial charge on any atom is 0.260 e. The number of benzene rings is 1. The molecule has 1 aromatic carbocycles. The molecule has 2 aromatic heterocycles. The second kappa shape index (κ2) is 6.03. The highest BCUT2D eigenvalue weighted by atomic mass is 32.1. The summed E-state index contributed by atoms with van der Waals surface area (Å²) in [6.07, 6.45) is 1.70. The molecule has 2 heterocycles. The van der Waals surface area contributed by atoms with Crippen LogP contribution in [0.5, 0.6) is 0 Å². The van der Waals surface area contributed by atoms with Crippen LogP contribution in [0.2, 0.25) is 0 Å². The van der Waals surface area contributed by atoms with Gasteiger partial charge >= 0.3 is 0 Å². The molecule has 0 saturated heterocycles. The van der Waals surface area contributed by atoms with E-state index < -0.39 is 11.7 Å². The molecule has 1 N–H and O–H groups in total. The third-order valence-electron chi connectivity index (χ3n) is 3.03. The zero-order chi connectivity index (χ0) is 15.5. The molecular formula is C16H12FN3OS. The number of thiazole rings is 1. The number of hydrogen-bond acceptors (Lipinski definition) is 4. The van der Waals surface area contributed by atoms with E-state index in [4.69, 9.17) is 0 Å². The Balaban J connectivity index is 1.86. The smallest absolute Gasteiger partial charge is 0.260 e. The first-order chi connectivity index (χ1) is 10.6. The van der Waals surface area contributed by atoms with Crippen LogP contribution < -0.4 is 5.32 Å². The van der Waals surface area contributed by atoms with Crippen LogP contribution in [-0.4, -0.2) is 15.9 Å². The summed E-state index contributed by atoms with van der Waals surface area (Å²) in [6.45, 7) is 1.85. The van der Waals surface area contributed by atoms with Gasteiger partial charge in [-0.2, -0.15) is 0 Å². The van der Waals surface area contributed by atoms with Gasteiger partial charge in [0.25, 0.3) is 5.91 Å². The van der Waals surface area contributed by atoms with Crippen molar-refractivity contribution in [3.8, 4) is 10.6 Å². The Hall–Kier alpha value is -2.60. The molecule has 22 heavy (non-hydrogen) atoms. The van der Waals surface area contributed by atoms with Gasteiger partial charge in [0, 0.05) is 6.20 Å². The van der Waals surface area contributed by atoms with E-state index >= 15 is 0 Å². The van der Waals surface area contributed by atoms with Crippen molar-refractivity contribution in [3.63, 3.8) is 0 Å². The van der Waals surface area contributed by atoms with Crippen LogP contribution in [0.15, 0.2) is 48.7 Å². The standard InChI is InChI=1S/C16H12FN3OS/c1-10-14(13-8-4-5-9-18-13)22-16(19-10)20-15(21)11-6-2-3-7-12(11)17/h2-9H,1H3,(H,19,20,21). The summed E-state index contributed by atoms with van der Waals surface area (Å²) in [4.78, 5) is 21.5. The summed E-state index contributed by atoms with van der Waals surface area (Å²) in [5.74, 6) is -1.07. The minimum absolute atomic E-state index is 0.00487. The van der Waals surface area contributed by atoms with Gasteiger partial charge in [0.2, 0.25) is 0 Å². The lowest BCUT2D eigenvalue weighted by atomic mass is 10.2. The number of hydrogen-bond donors (Lipinski definition) is 1. The van der Waals surface area contributed by atoms with Crippen molar-refractivity contribution in [1.29, 1.82) is 0 Å². The van der Waals surface area contributed by atoms with Crippen LogP contribution in [-0.2, 0) is 0 Å². The molecule has 0 radical (unpaired) electrons. The molecule has 0 aliphatic rings. The Morgan fingerprint density at radius 1 is 1.18 bits per heavy atom. The number of aryl methyl sites for hydroxylation is 1. The van der Waals surface area contributed by atoms with E-state index in [1.807, 2.05) is 25.1 Å². The first-order valence-corrected chi connectivity index (χ1v) is 7.41. The van der Waals surface area contributed by atoms with Gasteiger partial charge in [0.1, 0.15) is 5.82 Å². The van der Waals surface area contributed by atoms with E-state index in [0.29, 0.717) is 5.13 Å². The second-order valence-corrected chi connectivity index (χ2v) is 5.58. The summed E-state index contributed by atoms with van der Waals surface area (Å²) in [5, 5.41) is 3.05. The highest BCUT2D eigenvalue weighted by Crippen LogP contribution is 2.31. The van der Waals surface area contributed by atoms with Crippen molar-refractivity contribution < 1.29 is 9.18 Å². The molecule has 0 aliphatic heterocycles. The fourth-order valence-corrected chi connectivity index (χ4v) is 2.93. The Bertz CT molecular complexity index is 817. The van der Waals surface area contributed by atoms with Crippen LogP contribution in [0, 0.1) is 12.7 Å². The topological polar surface area (TPSA) is 54.9 Å². The number of halogens is 1. The van der Waals surface area contributed by atoms with Gasteiger partial charge in [-0.05, 0) is 31.2 Å². The number of amides is 1. The zero-order valence-electron chi connectivity index (χ0n) is 11.7. The summed E-state index contributed by atoms with van der Waals surface area (Å²) < 4.78 is 13.6. The quantitative estimate of drug-likeness (QED) is 0.797. The van der Waals surface area contributed by atoms with Crippen molar-refractivity contribution in [1.82, 2.24) is 9.97 Å². The number of nitrogens with one attached hydrogen (secondary N) is 1. The molecule has 3 aromatic rings. The lowest BCUT2D eigenvalue weighted by Gasteiger charge is -2.02. The van der Waals surface area contributed by atoms with Crippen LogP contribution >= 0.6 is 11.3 Å². The summed E-state index contributed by atoms with van der Waals surface area (Å²) in [7, 11) is 0. The molecule has 3 rings (SSSR count). The maximum atomic E-state index is 13.6. The van der Waals surface area contributed by atoms with E-state index in [9.17, 15) is 9.18 Å². The molecule has 4 nitrogen and oxygen atoms in total. The molecule has 1 amide bonds. The Kier molecular flexibility index (Phi) is 3.93. The molecule has 0 fully saturated rings. The minimum atomic E-state index is -0.557. The molecular weight excluding hydrogens is 301 g/mol. The van der Waals surface area contributed by atoms with Crippen molar-refractivity contribution >= 4 is 22.4 Å². The van der Waals surface area contributed by atoms with Gasteiger partial charge < -0.3 is 0 Å². The number of aromatic nitrogens is 2. The monoisotopic (exact) mass is 313 g/mol. The largest absolute Gasteiger partial charge is 0.298 e. The van der Waals surface area contributed by atoms with Crippen molar-refractivity contribution in [2.75, 3.05) is 5.32 Å². The number of rotatable bonds is 3. The highest BCUT2D eigenvalue weighted by molar-refractivity contribution is 7.19. The van der Waals surface area contributed by atoms with Crippen LogP contribution in [0.3, 0.4) is 0 Å². The van der Waals surface area contributed by atoms with Crippen LogP contribution in [0.1, 0.15) is 16.1 Å². The molecule has 0 bridgehead atoms. The van der Waals surface area contributed by atoms with Gasteiger partial charge in [-0.25, -0.2) is 9.37 Å². The number of carbonyl (C=O) groups excluding carboxylic acids is 1. The van der Waals surface area contributed by atoms with Gasteiger partial charge in [0.05, 0.1) is 21.8 Å². The lowest BCUT2D eigenvalue weighted by Crippen LogP contribution is -2.13. The first-order valence-electron chi connectivity index (χ1n) is 6.60. The average molecular weight is 313 g/mol. The average Bonchev–Trinajstić information content (AvgIpc) is 2.89. The van der Waals surface area contributed by atoms with E-state index in [0.717, 1.165) is 16.3 Å². The van der Waals surface area contributed by atoms with Gasteiger partial charge in [-0.1, -0.05) is 29.5 Å². The molecule has 6 heteroatoms. The van der Waals surface area contributed by atoms with Crippen LogP contribution in [0.4, 0.5) is 9.52 Å². The zero-order valence-corrected chi connectivity index (χ0v) is 12.5. The molecule has 0 atom stereocenters. The fraction of sp³-hybridized carbons (Fsp3) is 0.0625. The SMILES string of the molecule is Cc1nc(NC(=O)c2ccccc2F)sc1-c1ccccn1. The van der Waals surface area contributed by atoms with Crippen molar-refractivity contribution in [3.05, 3.63) is 65.7 Å². The Labute approximate surface area is 130 Å². The highest BCUT2D eigenvalue weighted by Gasteiger charge is 2.15. The van der Waals surface area contributed by atoms with Gasteiger partial charge in [-0.3, -0.25) is 15.1 Å². The van der Waals surface area contributed by atoms with E-state index in [1.54, 1.807) is 18.3 Å². The van der Waals surface area contributed by atoms with Gasteiger partial charge in [-0.15, -0.1) is 0 Å². The van der Waals surface area contributed by atoms with E-state index in [1.165, 1.54) is 23.5 Å². The molecule has 0 unspecified atom stereocenters. The number of anilines is 1. The molecule has 0 spiro atoms. The predicted molar refractivity (Wildman–Crippen MR) is 84.4 cm³/mol. The molecule has 0 saturated carbocycles.